The van der Waals surface area contributed by atoms with E-state index < -0.39 is 5.82 Å². The number of hydrogen-bond acceptors (Lipinski definition) is 3. The number of rotatable bonds is 2. The maximum atomic E-state index is 13.5. The van der Waals surface area contributed by atoms with Gasteiger partial charge in [0, 0.05) is 5.56 Å². The van der Waals surface area contributed by atoms with E-state index in [2.05, 4.69) is 9.97 Å². The lowest BCUT2D eigenvalue weighted by Crippen LogP contribution is -2.17. The van der Waals surface area contributed by atoms with Gasteiger partial charge in [-0.25, -0.2) is 4.39 Å². The Balaban J connectivity index is 2.05. The van der Waals surface area contributed by atoms with Gasteiger partial charge in [-0.15, -0.1) is 0 Å². The van der Waals surface area contributed by atoms with Gasteiger partial charge in [0.15, 0.2) is 0 Å². The minimum atomic E-state index is -0.601. The molecule has 3 rings (SSSR count). The molecule has 6 heteroatoms. The van der Waals surface area contributed by atoms with E-state index in [1.54, 1.807) is 6.07 Å². The van der Waals surface area contributed by atoms with E-state index in [-0.39, 0.29) is 28.2 Å². The van der Waals surface area contributed by atoms with Crippen molar-refractivity contribution in [3.05, 3.63) is 45.0 Å². The third kappa shape index (κ3) is 2.65. The number of aromatic nitrogens is 2. The summed E-state index contributed by atoms with van der Waals surface area (Å²) in [5.41, 5.74) is 0.340. The second-order valence-electron chi connectivity index (χ2n) is 5.26. The zero-order valence-corrected chi connectivity index (χ0v) is 12.0. The normalized spacial score (nSPS) is 15.5. The Morgan fingerprint density at radius 2 is 2.05 bits per heavy atom. The first-order valence-electron chi connectivity index (χ1n) is 6.85. The van der Waals surface area contributed by atoms with Crippen LogP contribution in [0.5, 0.6) is 5.88 Å². The lowest BCUT2D eigenvalue weighted by Gasteiger charge is -2.11. The summed E-state index contributed by atoms with van der Waals surface area (Å²) < 4.78 is 13.5. The number of H-pyrrole nitrogens is 1. The van der Waals surface area contributed by atoms with Crippen LogP contribution in [0.25, 0.3) is 11.4 Å². The molecule has 21 heavy (non-hydrogen) atoms. The average Bonchev–Trinajstić information content (AvgIpc) is 2.95. The molecule has 0 unspecified atom stereocenters. The molecule has 2 N–H and O–H groups in total. The predicted octanol–water partition coefficient (Wildman–Crippen LogP) is 3.59. The summed E-state index contributed by atoms with van der Waals surface area (Å²) >= 11 is 5.63. The molecule has 1 saturated carbocycles. The molecule has 0 aliphatic heterocycles. The van der Waals surface area contributed by atoms with Crippen molar-refractivity contribution < 1.29 is 9.50 Å². The molecule has 1 heterocycles. The monoisotopic (exact) mass is 308 g/mol. The highest BCUT2D eigenvalue weighted by molar-refractivity contribution is 6.30. The number of aromatic hydroxyl groups is 1. The number of nitrogens with one attached hydrogen (secondary N) is 1. The van der Waals surface area contributed by atoms with Crippen LogP contribution in [0, 0.1) is 5.82 Å². The van der Waals surface area contributed by atoms with Gasteiger partial charge in [0.1, 0.15) is 11.6 Å². The Labute approximate surface area is 125 Å². The second kappa shape index (κ2) is 5.48. The third-order valence-electron chi connectivity index (χ3n) is 3.89. The van der Waals surface area contributed by atoms with Gasteiger partial charge in [-0.3, -0.25) is 4.79 Å². The van der Waals surface area contributed by atoms with E-state index in [0.717, 1.165) is 25.7 Å². The lowest BCUT2D eigenvalue weighted by molar-refractivity contribution is 0.436. The predicted molar refractivity (Wildman–Crippen MR) is 78.1 cm³/mol. The number of hydrogen-bond donors (Lipinski definition) is 2. The summed E-state index contributed by atoms with van der Waals surface area (Å²) in [5, 5.41) is 10.1. The number of benzene rings is 1. The van der Waals surface area contributed by atoms with Crippen molar-refractivity contribution in [3.8, 4) is 17.3 Å². The van der Waals surface area contributed by atoms with Gasteiger partial charge in [0.2, 0.25) is 5.88 Å². The maximum absolute atomic E-state index is 13.5. The van der Waals surface area contributed by atoms with Crippen LogP contribution < -0.4 is 5.56 Å². The number of halogens is 2. The van der Waals surface area contributed by atoms with Crippen LogP contribution in [-0.2, 0) is 0 Å². The number of nitrogens with zero attached hydrogens (tertiary/aromatic N) is 1. The summed E-state index contributed by atoms with van der Waals surface area (Å²) in [6.45, 7) is 0. The molecule has 0 atom stereocenters. The van der Waals surface area contributed by atoms with Gasteiger partial charge in [-0.2, -0.15) is 4.98 Å². The number of aromatic amines is 1. The van der Waals surface area contributed by atoms with Gasteiger partial charge >= 0.3 is 0 Å². The smallest absolute Gasteiger partial charge is 0.258 e. The van der Waals surface area contributed by atoms with E-state index in [1.807, 2.05) is 0 Å². The SMILES string of the molecule is O=c1[nH]c(-c2ccc(Cl)c(F)c2)nc(O)c1C1CCCC1. The van der Waals surface area contributed by atoms with Gasteiger partial charge in [0.05, 0.1) is 10.6 Å². The Morgan fingerprint density at radius 3 is 2.67 bits per heavy atom. The molecule has 0 saturated heterocycles. The Bertz CT molecular complexity index is 739. The largest absolute Gasteiger partial charge is 0.493 e. The van der Waals surface area contributed by atoms with Crippen molar-refractivity contribution in [2.24, 2.45) is 0 Å². The zero-order valence-electron chi connectivity index (χ0n) is 11.2. The lowest BCUT2D eigenvalue weighted by atomic mass is 10.00. The molecular weight excluding hydrogens is 295 g/mol. The molecule has 4 nitrogen and oxygen atoms in total. The highest BCUT2D eigenvalue weighted by Crippen LogP contribution is 2.36. The highest BCUT2D eigenvalue weighted by Gasteiger charge is 2.24. The van der Waals surface area contributed by atoms with E-state index >= 15 is 0 Å². The first-order chi connectivity index (χ1) is 10.1. The molecule has 2 aromatic rings. The van der Waals surface area contributed by atoms with Crippen LogP contribution in [0.4, 0.5) is 4.39 Å². The van der Waals surface area contributed by atoms with Crippen molar-refractivity contribution in [1.29, 1.82) is 0 Å². The molecule has 0 radical (unpaired) electrons. The summed E-state index contributed by atoms with van der Waals surface area (Å²) in [7, 11) is 0. The van der Waals surface area contributed by atoms with E-state index in [0.29, 0.717) is 11.1 Å². The van der Waals surface area contributed by atoms with Gasteiger partial charge in [-0.05, 0) is 37.0 Å². The van der Waals surface area contributed by atoms with E-state index in [1.165, 1.54) is 12.1 Å². The van der Waals surface area contributed by atoms with Crippen LogP contribution in [0.3, 0.4) is 0 Å². The maximum Gasteiger partial charge on any atom is 0.258 e. The van der Waals surface area contributed by atoms with Crippen molar-refractivity contribution in [1.82, 2.24) is 9.97 Å². The van der Waals surface area contributed by atoms with Crippen molar-refractivity contribution in [2.45, 2.75) is 31.6 Å². The Morgan fingerprint density at radius 1 is 1.33 bits per heavy atom. The molecule has 0 spiro atoms. The summed E-state index contributed by atoms with van der Waals surface area (Å²) in [6.07, 6.45) is 3.86. The topological polar surface area (TPSA) is 66.0 Å². The summed E-state index contributed by atoms with van der Waals surface area (Å²) in [6, 6.07) is 4.10. The minimum absolute atomic E-state index is 0.00658. The quantitative estimate of drug-likeness (QED) is 0.891. The van der Waals surface area contributed by atoms with Crippen molar-refractivity contribution in [2.75, 3.05) is 0 Å². The second-order valence-corrected chi connectivity index (χ2v) is 5.67. The van der Waals surface area contributed by atoms with Crippen molar-refractivity contribution in [3.63, 3.8) is 0 Å². The van der Waals surface area contributed by atoms with Crippen LogP contribution in [0.2, 0.25) is 5.02 Å². The van der Waals surface area contributed by atoms with E-state index in [9.17, 15) is 14.3 Å². The van der Waals surface area contributed by atoms with Gasteiger partial charge in [0.25, 0.3) is 5.56 Å². The standard InChI is InChI=1S/C15H14ClFN2O2/c16-10-6-5-9(7-11(10)17)13-18-14(20)12(15(21)19-13)8-3-1-2-4-8/h5-8H,1-4H2,(H2,18,19,20,21). The Kier molecular flexibility index (Phi) is 3.68. The Hall–Kier alpha value is -1.88. The first-order valence-corrected chi connectivity index (χ1v) is 7.22. The molecule has 0 amide bonds. The fourth-order valence-corrected chi connectivity index (χ4v) is 2.95. The summed E-state index contributed by atoms with van der Waals surface area (Å²) in [5.74, 6) is -0.681. The van der Waals surface area contributed by atoms with Crippen LogP contribution >= 0.6 is 11.6 Å². The molecule has 1 fully saturated rings. The molecule has 1 aromatic carbocycles. The summed E-state index contributed by atoms with van der Waals surface area (Å²) in [4.78, 5) is 18.8. The fraction of sp³-hybridized carbons (Fsp3) is 0.333. The molecule has 1 aliphatic rings. The average molecular weight is 309 g/mol. The zero-order chi connectivity index (χ0) is 15.0. The molecule has 110 valence electrons. The van der Waals surface area contributed by atoms with Gasteiger partial charge in [-0.1, -0.05) is 24.4 Å². The molecule has 0 bridgehead atoms. The van der Waals surface area contributed by atoms with E-state index in [4.69, 9.17) is 11.6 Å². The van der Waals surface area contributed by atoms with Crippen LogP contribution in [0.15, 0.2) is 23.0 Å². The highest BCUT2D eigenvalue weighted by atomic mass is 35.5. The van der Waals surface area contributed by atoms with Crippen LogP contribution in [0.1, 0.15) is 37.2 Å². The molecule has 1 aliphatic carbocycles. The van der Waals surface area contributed by atoms with Crippen molar-refractivity contribution >= 4 is 11.6 Å². The first kappa shape index (κ1) is 14.1. The minimum Gasteiger partial charge on any atom is -0.493 e. The van der Waals surface area contributed by atoms with Gasteiger partial charge < -0.3 is 10.1 Å². The molecular formula is C15H14ClFN2O2. The third-order valence-corrected chi connectivity index (χ3v) is 4.20. The van der Waals surface area contributed by atoms with Crippen LogP contribution in [-0.4, -0.2) is 15.1 Å². The molecule has 1 aromatic heterocycles. The fourth-order valence-electron chi connectivity index (χ4n) is 2.83.